The van der Waals surface area contributed by atoms with E-state index < -0.39 is 24.5 Å². The third kappa shape index (κ3) is 4.56. The van der Waals surface area contributed by atoms with Crippen LogP contribution in [0, 0.1) is 0 Å². The van der Waals surface area contributed by atoms with Crippen LogP contribution in [-0.4, -0.2) is 36.2 Å². The van der Waals surface area contributed by atoms with E-state index in [9.17, 15) is 19.5 Å². The van der Waals surface area contributed by atoms with Crippen molar-refractivity contribution in [1.29, 1.82) is 0 Å². The first-order valence-corrected chi connectivity index (χ1v) is 8.92. The molecule has 0 saturated carbocycles. The van der Waals surface area contributed by atoms with Gasteiger partial charge in [0.1, 0.15) is 33.4 Å². The van der Waals surface area contributed by atoms with E-state index in [1.807, 2.05) is 0 Å². The number of esters is 3. The SMILES string of the molecule is CCOC(=O)c1sc(N)c(C(=O)OCC)c1COC(=O)c1ccccc1O. The van der Waals surface area contributed by atoms with Crippen LogP contribution in [-0.2, 0) is 20.8 Å². The first-order chi connectivity index (χ1) is 12.9. The molecule has 0 atom stereocenters. The summed E-state index contributed by atoms with van der Waals surface area (Å²) in [5.41, 5.74) is 5.91. The van der Waals surface area contributed by atoms with Crippen molar-refractivity contribution in [3.63, 3.8) is 0 Å². The average molecular weight is 393 g/mol. The Morgan fingerprint density at radius 3 is 2.26 bits per heavy atom. The molecule has 0 aliphatic heterocycles. The van der Waals surface area contributed by atoms with Crippen LogP contribution in [0.5, 0.6) is 5.75 Å². The smallest absolute Gasteiger partial charge is 0.348 e. The number of nitrogen functional groups attached to an aromatic ring is 1. The van der Waals surface area contributed by atoms with Gasteiger partial charge in [0.05, 0.1) is 13.2 Å². The van der Waals surface area contributed by atoms with Gasteiger partial charge in [0.15, 0.2) is 0 Å². The molecule has 0 fully saturated rings. The summed E-state index contributed by atoms with van der Waals surface area (Å²) in [6.07, 6.45) is 0. The number of phenols is 1. The number of ether oxygens (including phenoxy) is 3. The number of anilines is 1. The fourth-order valence-corrected chi connectivity index (χ4v) is 3.23. The van der Waals surface area contributed by atoms with Crippen LogP contribution in [0.25, 0.3) is 0 Å². The zero-order valence-electron chi connectivity index (χ0n) is 14.8. The number of nitrogens with two attached hydrogens (primary N) is 1. The highest BCUT2D eigenvalue weighted by molar-refractivity contribution is 7.18. The van der Waals surface area contributed by atoms with E-state index in [4.69, 9.17) is 19.9 Å². The minimum Gasteiger partial charge on any atom is -0.507 e. The summed E-state index contributed by atoms with van der Waals surface area (Å²) < 4.78 is 15.1. The normalized spacial score (nSPS) is 10.3. The summed E-state index contributed by atoms with van der Waals surface area (Å²) in [4.78, 5) is 36.7. The molecule has 0 radical (unpaired) electrons. The van der Waals surface area contributed by atoms with Gasteiger partial charge in [-0.15, -0.1) is 11.3 Å². The zero-order valence-corrected chi connectivity index (χ0v) is 15.6. The molecule has 8 nitrogen and oxygen atoms in total. The van der Waals surface area contributed by atoms with Crippen LogP contribution in [0.3, 0.4) is 0 Å². The standard InChI is InChI=1S/C18H19NO7S/c1-3-24-17(22)13-11(14(27-15(13)19)18(23)25-4-2)9-26-16(21)10-7-5-6-8-12(10)20/h5-8,20H,3-4,9,19H2,1-2H3. The van der Waals surface area contributed by atoms with E-state index in [2.05, 4.69) is 0 Å². The van der Waals surface area contributed by atoms with Crippen molar-refractivity contribution in [3.05, 3.63) is 45.8 Å². The van der Waals surface area contributed by atoms with Crippen molar-refractivity contribution in [2.45, 2.75) is 20.5 Å². The Hall–Kier alpha value is -3.07. The summed E-state index contributed by atoms with van der Waals surface area (Å²) in [6, 6.07) is 5.85. The number of thiophene rings is 1. The van der Waals surface area contributed by atoms with Gasteiger partial charge in [0.25, 0.3) is 0 Å². The number of hydrogen-bond acceptors (Lipinski definition) is 9. The van der Waals surface area contributed by atoms with Crippen molar-refractivity contribution in [3.8, 4) is 5.75 Å². The van der Waals surface area contributed by atoms with Crippen molar-refractivity contribution >= 4 is 34.2 Å². The lowest BCUT2D eigenvalue weighted by Gasteiger charge is -2.09. The second kappa shape index (κ2) is 9.04. The third-order valence-corrected chi connectivity index (χ3v) is 4.49. The third-order valence-electron chi connectivity index (χ3n) is 3.45. The molecule has 1 heterocycles. The van der Waals surface area contributed by atoms with Gasteiger partial charge in [-0.3, -0.25) is 0 Å². The topological polar surface area (TPSA) is 125 Å². The van der Waals surface area contributed by atoms with E-state index >= 15 is 0 Å². The Labute approximate surface area is 159 Å². The number of benzene rings is 1. The Kier molecular flexibility index (Phi) is 6.78. The van der Waals surface area contributed by atoms with E-state index in [-0.39, 0.29) is 45.5 Å². The summed E-state index contributed by atoms with van der Waals surface area (Å²) >= 11 is 0.856. The molecule has 1 aromatic heterocycles. The van der Waals surface area contributed by atoms with E-state index in [1.54, 1.807) is 26.0 Å². The summed E-state index contributed by atoms with van der Waals surface area (Å²) in [6.45, 7) is 3.09. The van der Waals surface area contributed by atoms with Crippen LogP contribution in [0.15, 0.2) is 24.3 Å². The Balaban J connectivity index is 2.34. The summed E-state index contributed by atoms with van der Waals surface area (Å²) in [7, 11) is 0. The highest BCUT2D eigenvalue weighted by Gasteiger charge is 2.28. The van der Waals surface area contributed by atoms with E-state index in [1.165, 1.54) is 12.1 Å². The number of rotatable bonds is 7. The van der Waals surface area contributed by atoms with Gasteiger partial charge >= 0.3 is 17.9 Å². The molecule has 9 heteroatoms. The van der Waals surface area contributed by atoms with Crippen molar-refractivity contribution in [1.82, 2.24) is 0 Å². The fourth-order valence-electron chi connectivity index (χ4n) is 2.27. The molecule has 0 spiro atoms. The molecule has 2 aromatic rings. The molecule has 0 aliphatic rings. The highest BCUT2D eigenvalue weighted by atomic mass is 32.1. The summed E-state index contributed by atoms with van der Waals surface area (Å²) in [5.74, 6) is -2.47. The maximum atomic E-state index is 12.2. The van der Waals surface area contributed by atoms with Gasteiger partial charge in [0.2, 0.25) is 0 Å². The molecule has 3 N–H and O–H groups in total. The maximum Gasteiger partial charge on any atom is 0.348 e. The van der Waals surface area contributed by atoms with Crippen LogP contribution >= 0.6 is 11.3 Å². The lowest BCUT2D eigenvalue weighted by molar-refractivity contribution is 0.0435. The number of carbonyl (C=O) groups is 3. The lowest BCUT2D eigenvalue weighted by atomic mass is 10.1. The van der Waals surface area contributed by atoms with Crippen LogP contribution < -0.4 is 5.73 Å². The van der Waals surface area contributed by atoms with E-state index in [0.717, 1.165) is 11.3 Å². The van der Waals surface area contributed by atoms with Crippen molar-refractivity contribution in [2.24, 2.45) is 0 Å². The molecule has 1 aromatic carbocycles. The number of aromatic hydroxyl groups is 1. The number of para-hydroxylation sites is 1. The van der Waals surface area contributed by atoms with Gasteiger partial charge in [-0.2, -0.15) is 0 Å². The second-order valence-electron chi connectivity index (χ2n) is 5.18. The average Bonchev–Trinajstić information content (AvgIpc) is 2.97. The first kappa shape index (κ1) is 20.2. The van der Waals surface area contributed by atoms with Gasteiger partial charge in [-0.05, 0) is 26.0 Å². The molecule has 0 unspecified atom stereocenters. The Morgan fingerprint density at radius 2 is 1.63 bits per heavy atom. The Morgan fingerprint density at radius 1 is 1.00 bits per heavy atom. The van der Waals surface area contributed by atoms with Gasteiger partial charge in [-0.25, -0.2) is 14.4 Å². The van der Waals surface area contributed by atoms with Gasteiger partial charge in [-0.1, -0.05) is 12.1 Å². The van der Waals surface area contributed by atoms with Crippen LogP contribution in [0.1, 0.15) is 49.8 Å². The molecule has 0 aliphatic carbocycles. The highest BCUT2D eigenvalue weighted by Crippen LogP contribution is 2.33. The second-order valence-corrected chi connectivity index (χ2v) is 6.24. The predicted molar refractivity (Wildman–Crippen MR) is 97.9 cm³/mol. The predicted octanol–water partition coefficient (Wildman–Crippen LogP) is 2.75. The fraction of sp³-hybridized carbons (Fsp3) is 0.278. The molecule has 2 rings (SSSR count). The zero-order chi connectivity index (χ0) is 20.0. The summed E-state index contributed by atoms with van der Waals surface area (Å²) in [5, 5.41) is 9.80. The van der Waals surface area contributed by atoms with Crippen molar-refractivity contribution < 1.29 is 33.7 Å². The minimum absolute atomic E-state index is 0.0324. The van der Waals surface area contributed by atoms with E-state index in [0.29, 0.717) is 0 Å². The molecule has 0 saturated heterocycles. The molecular weight excluding hydrogens is 374 g/mol. The molecular formula is C18H19NO7S. The van der Waals surface area contributed by atoms with Crippen LogP contribution in [0.2, 0.25) is 0 Å². The Bertz CT molecular complexity index is 859. The minimum atomic E-state index is -0.817. The lowest BCUT2D eigenvalue weighted by Crippen LogP contribution is -2.14. The maximum absolute atomic E-state index is 12.2. The van der Waals surface area contributed by atoms with Crippen molar-refractivity contribution in [2.75, 3.05) is 18.9 Å². The molecule has 0 bridgehead atoms. The number of hydrogen-bond donors (Lipinski definition) is 2. The molecule has 0 amide bonds. The monoisotopic (exact) mass is 393 g/mol. The largest absolute Gasteiger partial charge is 0.507 e. The number of carbonyl (C=O) groups excluding carboxylic acids is 3. The van der Waals surface area contributed by atoms with Gasteiger partial charge in [0, 0.05) is 5.56 Å². The molecule has 144 valence electrons. The molecule has 27 heavy (non-hydrogen) atoms. The van der Waals surface area contributed by atoms with Crippen LogP contribution in [0.4, 0.5) is 5.00 Å². The van der Waals surface area contributed by atoms with Gasteiger partial charge < -0.3 is 25.1 Å². The number of phenolic OH excluding ortho intramolecular Hbond substituents is 1. The first-order valence-electron chi connectivity index (χ1n) is 8.11. The quantitative estimate of drug-likeness (QED) is 0.543.